The average molecular weight is 805 g/mol. The lowest BCUT2D eigenvalue weighted by Crippen LogP contribution is -2.63. The van der Waals surface area contributed by atoms with Crippen LogP contribution in [0.15, 0.2) is 152 Å². The normalized spacial score (nSPS) is 25.5. The summed E-state index contributed by atoms with van der Waals surface area (Å²) >= 11 is 0. The predicted octanol–water partition coefficient (Wildman–Crippen LogP) is 6.03. The third kappa shape index (κ3) is 11.7. The number of carbonyl (C=O) groups is 2. The first-order valence-corrected chi connectivity index (χ1v) is 19.6. The van der Waals surface area contributed by atoms with E-state index in [0.717, 1.165) is 16.7 Å². The fourth-order valence-corrected chi connectivity index (χ4v) is 6.97. The van der Waals surface area contributed by atoms with E-state index in [1.165, 1.54) is 0 Å². The number of aliphatic hydroxyl groups excluding tert-OH is 2. The zero-order chi connectivity index (χ0) is 40.8. The average Bonchev–Trinajstić information content (AvgIpc) is 3.28. The number of esters is 2. The van der Waals surface area contributed by atoms with Gasteiger partial charge in [0.05, 0.1) is 37.6 Å². The molecule has 0 amide bonds. The fraction of sp³-hybridized carbons (Fsp3) is 0.319. The lowest BCUT2D eigenvalue weighted by molar-refractivity contribution is -0.349. The Morgan fingerprint density at radius 3 is 1.59 bits per heavy atom. The topological polar surface area (TPSA) is 148 Å². The number of hydrogen-bond acceptors (Lipinski definition) is 12. The van der Waals surface area contributed by atoms with Crippen molar-refractivity contribution in [2.24, 2.45) is 0 Å². The van der Waals surface area contributed by atoms with E-state index in [2.05, 4.69) is 0 Å². The molecule has 2 saturated heterocycles. The maximum Gasteiger partial charge on any atom is 0.338 e. The Kier molecular flexibility index (Phi) is 15.0. The summed E-state index contributed by atoms with van der Waals surface area (Å²) in [5.41, 5.74) is 3.27. The highest BCUT2D eigenvalue weighted by atomic mass is 16.7. The molecule has 0 aromatic heterocycles. The van der Waals surface area contributed by atoms with E-state index in [4.69, 9.17) is 37.9 Å². The largest absolute Gasteiger partial charge is 0.459 e. The minimum Gasteiger partial charge on any atom is -0.459 e. The molecule has 12 nitrogen and oxygen atoms in total. The molecule has 0 spiro atoms. The lowest BCUT2D eigenvalue weighted by atomic mass is 9.97. The summed E-state index contributed by atoms with van der Waals surface area (Å²) in [6.07, 6.45) is -10.3. The summed E-state index contributed by atoms with van der Waals surface area (Å²) < 4.78 is 50.0. The number of ether oxygens (including phenoxy) is 8. The Hall–Kier alpha value is -5.28. The van der Waals surface area contributed by atoms with Gasteiger partial charge in [0.15, 0.2) is 12.6 Å². The minimum atomic E-state index is -1.44. The molecule has 5 aromatic carbocycles. The van der Waals surface area contributed by atoms with Crippen molar-refractivity contribution in [3.8, 4) is 0 Å². The molecule has 2 heterocycles. The van der Waals surface area contributed by atoms with Crippen molar-refractivity contribution in [3.63, 3.8) is 0 Å². The molecule has 0 unspecified atom stereocenters. The van der Waals surface area contributed by atoms with Gasteiger partial charge in [-0.2, -0.15) is 0 Å². The van der Waals surface area contributed by atoms with Crippen LogP contribution in [0.3, 0.4) is 0 Å². The zero-order valence-corrected chi connectivity index (χ0v) is 32.3. The van der Waals surface area contributed by atoms with Crippen molar-refractivity contribution in [2.75, 3.05) is 13.2 Å². The maximum atomic E-state index is 13.3. The first kappa shape index (κ1) is 41.9. The van der Waals surface area contributed by atoms with Gasteiger partial charge in [-0.05, 0) is 41.0 Å². The van der Waals surface area contributed by atoms with E-state index in [1.54, 1.807) is 60.7 Å². The molecule has 12 heteroatoms. The smallest absolute Gasteiger partial charge is 0.338 e. The van der Waals surface area contributed by atoms with Crippen LogP contribution >= 0.6 is 0 Å². The van der Waals surface area contributed by atoms with Crippen LogP contribution in [-0.4, -0.2) is 90.7 Å². The molecular weight excluding hydrogens is 757 g/mol. The second-order valence-corrected chi connectivity index (χ2v) is 14.3. The van der Waals surface area contributed by atoms with Crippen molar-refractivity contribution in [1.82, 2.24) is 0 Å². The molecule has 9 atom stereocenters. The molecule has 2 N–H and O–H groups in total. The lowest BCUT2D eigenvalue weighted by Gasteiger charge is -2.47. The highest BCUT2D eigenvalue weighted by molar-refractivity contribution is 5.89. The molecule has 0 radical (unpaired) electrons. The zero-order valence-electron chi connectivity index (χ0n) is 32.3. The Balaban J connectivity index is 1.17. The molecule has 308 valence electrons. The number of aliphatic hydroxyl groups is 2. The maximum absolute atomic E-state index is 13.3. The molecule has 2 aliphatic rings. The molecule has 5 aromatic rings. The molecule has 7 rings (SSSR count). The summed E-state index contributed by atoms with van der Waals surface area (Å²) in [4.78, 5) is 26.3. The Bertz CT molecular complexity index is 2000. The van der Waals surface area contributed by atoms with Gasteiger partial charge in [0, 0.05) is 6.42 Å². The van der Waals surface area contributed by atoms with Crippen LogP contribution in [0, 0.1) is 0 Å². The first-order valence-electron chi connectivity index (χ1n) is 19.6. The van der Waals surface area contributed by atoms with Gasteiger partial charge in [-0.3, -0.25) is 0 Å². The Morgan fingerprint density at radius 1 is 0.542 bits per heavy atom. The van der Waals surface area contributed by atoms with Gasteiger partial charge in [-0.15, -0.1) is 0 Å². The Labute approximate surface area is 343 Å². The second kappa shape index (κ2) is 21.1. The quantitative estimate of drug-likeness (QED) is 0.106. The van der Waals surface area contributed by atoms with Crippen LogP contribution in [0.25, 0.3) is 0 Å². The standard InChI is InChI=1S/C47H48O12/c48-41-37(57-46(50)36-24-14-5-15-25-36)26-40(56-38(41)31-55-45(49)35-22-12-4-13-23-35)59-42-39(30-52-27-32-16-6-1-7-17-32)58-47(51)44(54-29-34-20-10-3-11-21-34)43(42)53-28-33-18-8-2-9-19-33/h1-25,37-44,47-48,51H,26-31H2/t37-,38-,39-,40+,41-,42-,43+,44-,47-/m1/s1. The van der Waals surface area contributed by atoms with Crippen LogP contribution in [0.4, 0.5) is 0 Å². The first-order chi connectivity index (χ1) is 28.9. The summed E-state index contributed by atoms with van der Waals surface area (Å²) in [6.45, 7) is 0.130. The minimum absolute atomic E-state index is 0.0207. The van der Waals surface area contributed by atoms with Crippen molar-refractivity contribution >= 4 is 11.9 Å². The Morgan fingerprint density at radius 2 is 1.03 bits per heavy atom. The highest BCUT2D eigenvalue weighted by Crippen LogP contribution is 2.33. The second-order valence-electron chi connectivity index (χ2n) is 14.3. The van der Waals surface area contributed by atoms with E-state index in [-0.39, 0.29) is 45.0 Å². The van der Waals surface area contributed by atoms with Crippen LogP contribution in [-0.2, 0) is 57.7 Å². The van der Waals surface area contributed by atoms with E-state index in [9.17, 15) is 19.8 Å². The fourth-order valence-electron chi connectivity index (χ4n) is 6.97. The van der Waals surface area contributed by atoms with Crippen molar-refractivity contribution in [1.29, 1.82) is 0 Å². The van der Waals surface area contributed by atoms with E-state index < -0.39 is 67.2 Å². The van der Waals surface area contributed by atoms with Crippen LogP contribution < -0.4 is 0 Å². The molecular formula is C47H48O12. The third-order valence-corrected chi connectivity index (χ3v) is 10.1. The summed E-state index contributed by atoms with van der Waals surface area (Å²) in [5, 5.41) is 23.1. The van der Waals surface area contributed by atoms with Crippen molar-refractivity contribution < 1.29 is 57.7 Å². The van der Waals surface area contributed by atoms with Crippen LogP contribution in [0.1, 0.15) is 43.8 Å². The van der Waals surface area contributed by atoms with Gasteiger partial charge >= 0.3 is 11.9 Å². The molecule has 2 aliphatic heterocycles. The molecule has 0 aliphatic carbocycles. The van der Waals surface area contributed by atoms with Gasteiger partial charge in [0.25, 0.3) is 0 Å². The van der Waals surface area contributed by atoms with Crippen molar-refractivity contribution in [3.05, 3.63) is 179 Å². The molecule has 2 fully saturated rings. The number of benzene rings is 5. The molecule has 59 heavy (non-hydrogen) atoms. The molecule has 0 bridgehead atoms. The van der Waals surface area contributed by atoms with E-state index in [1.807, 2.05) is 91.0 Å². The van der Waals surface area contributed by atoms with Gasteiger partial charge < -0.3 is 48.1 Å². The number of hydrogen-bond donors (Lipinski definition) is 2. The van der Waals surface area contributed by atoms with Crippen LogP contribution in [0.2, 0.25) is 0 Å². The number of rotatable bonds is 17. The van der Waals surface area contributed by atoms with Gasteiger partial charge in [-0.25, -0.2) is 9.59 Å². The highest BCUT2D eigenvalue weighted by Gasteiger charge is 2.51. The summed E-state index contributed by atoms with van der Waals surface area (Å²) in [5.74, 6) is -1.29. The monoisotopic (exact) mass is 804 g/mol. The third-order valence-electron chi connectivity index (χ3n) is 10.1. The summed E-state index contributed by atoms with van der Waals surface area (Å²) in [6, 6.07) is 45.5. The van der Waals surface area contributed by atoms with Crippen molar-refractivity contribution in [2.45, 2.75) is 81.5 Å². The SMILES string of the molecule is O=C(OC[C@H]1O[C@@H](O[C@H]2[C@H](OCc3ccccc3)[C@@H](OCc3ccccc3)[C@H](O)O[C@@H]2COCc2ccccc2)C[C@@H](OC(=O)c2ccccc2)[C@H]1O)c1ccccc1. The molecule has 0 saturated carbocycles. The number of carbonyl (C=O) groups excluding carboxylic acids is 2. The van der Waals surface area contributed by atoms with Gasteiger partial charge in [0.1, 0.15) is 49.3 Å². The predicted molar refractivity (Wildman–Crippen MR) is 214 cm³/mol. The summed E-state index contributed by atoms with van der Waals surface area (Å²) in [7, 11) is 0. The van der Waals surface area contributed by atoms with E-state index in [0.29, 0.717) is 5.56 Å². The van der Waals surface area contributed by atoms with E-state index >= 15 is 0 Å². The van der Waals surface area contributed by atoms with Gasteiger partial charge in [-0.1, -0.05) is 127 Å². The van der Waals surface area contributed by atoms with Gasteiger partial charge in [0.2, 0.25) is 0 Å². The van der Waals surface area contributed by atoms with Crippen LogP contribution in [0.5, 0.6) is 0 Å².